The van der Waals surface area contributed by atoms with Crippen molar-refractivity contribution in [3.05, 3.63) is 17.8 Å². The van der Waals surface area contributed by atoms with Crippen molar-refractivity contribution >= 4 is 28.9 Å². The maximum atomic E-state index is 10.8. The van der Waals surface area contributed by atoms with Gasteiger partial charge in [-0.1, -0.05) is 25.1 Å². The number of pyridine rings is 1. The van der Waals surface area contributed by atoms with Crippen molar-refractivity contribution in [3.8, 4) is 0 Å². The molecule has 1 aliphatic carbocycles. The zero-order valence-corrected chi connectivity index (χ0v) is 13.1. The Labute approximate surface area is 127 Å². The summed E-state index contributed by atoms with van der Waals surface area (Å²) in [5, 5.41) is 9.68. The van der Waals surface area contributed by atoms with Crippen LogP contribution < -0.4 is 0 Å². The monoisotopic (exact) mass is 305 g/mol. The molecular formula is C15H19N3O2S. The first kappa shape index (κ1) is 14.4. The molecule has 1 aliphatic rings. The summed E-state index contributed by atoms with van der Waals surface area (Å²) >= 11 is 1.28. The molecule has 6 heteroatoms. The Balaban J connectivity index is 2.02. The molecule has 112 valence electrons. The fraction of sp³-hybridized carbons (Fsp3) is 0.533. The standard InChI is InChI=1S/C15H19N3O2S/c1-10-4-7-16-13-12(10)17-14(21-8-11(19)20)18(13)9-15(2)5-3-6-15/h4,7H,3,5-6,8-9H2,1-2H3,(H,19,20). The van der Waals surface area contributed by atoms with E-state index in [0.29, 0.717) is 0 Å². The molecule has 1 fully saturated rings. The van der Waals surface area contributed by atoms with Crippen LogP contribution in [0.2, 0.25) is 0 Å². The lowest BCUT2D eigenvalue weighted by atomic mass is 9.70. The van der Waals surface area contributed by atoms with Crippen LogP contribution in [-0.4, -0.2) is 31.4 Å². The number of carbonyl (C=O) groups is 1. The van der Waals surface area contributed by atoms with Crippen LogP contribution in [0.4, 0.5) is 0 Å². The van der Waals surface area contributed by atoms with E-state index in [1.165, 1.54) is 31.0 Å². The number of carboxylic acid groups (broad SMARTS) is 1. The quantitative estimate of drug-likeness (QED) is 0.860. The minimum absolute atomic E-state index is 0.0269. The average Bonchev–Trinajstić information content (AvgIpc) is 2.74. The summed E-state index contributed by atoms with van der Waals surface area (Å²) < 4.78 is 2.11. The Morgan fingerprint density at radius 1 is 1.52 bits per heavy atom. The fourth-order valence-electron chi connectivity index (χ4n) is 2.82. The Morgan fingerprint density at radius 2 is 2.29 bits per heavy atom. The van der Waals surface area contributed by atoms with E-state index >= 15 is 0 Å². The highest BCUT2D eigenvalue weighted by molar-refractivity contribution is 7.99. The fourth-order valence-corrected chi connectivity index (χ4v) is 3.53. The van der Waals surface area contributed by atoms with Crippen molar-refractivity contribution < 1.29 is 9.90 Å². The van der Waals surface area contributed by atoms with Gasteiger partial charge in [0.1, 0.15) is 5.52 Å². The summed E-state index contributed by atoms with van der Waals surface area (Å²) in [5.74, 6) is -0.794. The third-order valence-electron chi connectivity index (χ3n) is 4.23. The van der Waals surface area contributed by atoms with Crippen LogP contribution in [0.15, 0.2) is 17.4 Å². The summed E-state index contributed by atoms with van der Waals surface area (Å²) in [6.07, 6.45) is 5.49. The molecule has 0 saturated heterocycles. The molecule has 0 aromatic carbocycles. The van der Waals surface area contributed by atoms with Crippen LogP contribution in [0.3, 0.4) is 0 Å². The van der Waals surface area contributed by atoms with Crippen molar-refractivity contribution in [2.75, 3.05) is 5.75 Å². The predicted molar refractivity (Wildman–Crippen MR) is 82.6 cm³/mol. The highest BCUT2D eigenvalue weighted by atomic mass is 32.2. The highest BCUT2D eigenvalue weighted by Crippen LogP contribution is 2.43. The van der Waals surface area contributed by atoms with Gasteiger partial charge in [0.05, 0.1) is 5.75 Å². The Hall–Kier alpha value is -1.56. The third-order valence-corrected chi connectivity index (χ3v) is 5.19. The maximum Gasteiger partial charge on any atom is 0.313 e. The van der Waals surface area contributed by atoms with Gasteiger partial charge in [0.25, 0.3) is 0 Å². The summed E-state index contributed by atoms with van der Waals surface area (Å²) in [6.45, 7) is 5.16. The second kappa shape index (κ2) is 5.33. The molecule has 21 heavy (non-hydrogen) atoms. The van der Waals surface area contributed by atoms with E-state index in [-0.39, 0.29) is 11.2 Å². The molecule has 5 nitrogen and oxygen atoms in total. The van der Waals surface area contributed by atoms with E-state index in [1.54, 1.807) is 6.20 Å². The first-order chi connectivity index (χ1) is 9.98. The van der Waals surface area contributed by atoms with E-state index in [0.717, 1.165) is 28.4 Å². The predicted octanol–water partition coefficient (Wildman–Crippen LogP) is 3.11. The average molecular weight is 305 g/mol. The van der Waals surface area contributed by atoms with Crippen molar-refractivity contribution in [1.82, 2.24) is 14.5 Å². The lowest BCUT2D eigenvalue weighted by Gasteiger charge is -2.38. The number of fused-ring (bicyclic) bond motifs is 1. The van der Waals surface area contributed by atoms with Crippen molar-refractivity contribution in [2.45, 2.75) is 44.8 Å². The Bertz CT molecular complexity index is 692. The zero-order chi connectivity index (χ0) is 15.0. The summed E-state index contributed by atoms with van der Waals surface area (Å²) in [6, 6.07) is 1.94. The van der Waals surface area contributed by atoms with Gasteiger partial charge in [-0.3, -0.25) is 4.79 Å². The van der Waals surface area contributed by atoms with Gasteiger partial charge in [0, 0.05) is 12.7 Å². The summed E-state index contributed by atoms with van der Waals surface area (Å²) in [4.78, 5) is 19.9. The second-order valence-electron chi connectivity index (χ2n) is 6.13. The molecule has 2 aromatic rings. The molecule has 0 spiro atoms. The molecule has 3 rings (SSSR count). The van der Waals surface area contributed by atoms with Gasteiger partial charge in [0.15, 0.2) is 10.8 Å². The Kier molecular flexibility index (Phi) is 3.65. The van der Waals surface area contributed by atoms with Crippen LogP contribution in [0.5, 0.6) is 0 Å². The topological polar surface area (TPSA) is 68.0 Å². The number of hydrogen-bond donors (Lipinski definition) is 1. The van der Waals surface area contributed by atoms with Crippen LogP contribution in [0, 0.1) is 12.3 Å². The largest absolute Gasteiger partial charge is 0.481 e. The molecule has 0 amide bonds. The number of aromatic nitrogens is 3. The minimum Gasteiger partial charge on any atom is -0.481 e. The minimum atomic E-state index is -0.821. The number of imidazole rings is 1. The van der Waals surface area contributed by atoms with Gasteiger partial charge < -0.3 is 9.67 Å². The van der Waals surface area contributed by atoms with Gasteiger partial charge in [-0.15, -0.1) is 0 Å². The van der Waals surface area contributed by atoms with E-state index in [4.69, 9.17) is 5.11 Å². The van der Waals surface area contributed by atoms with Crippen LogP contribution in [0.25, 0.3) is 11.2 Å². The molecule has 0 radical (unpaired) electrons. The number of carboxylic acids is 1. The Morgan fingerprint density at radius 3 is 2.90 bits per heavy atom. The SMILES string of the molecule is Cc1ccnc2c1nc(SCC(=O)O)n2CC1(C)CCC1. The maximum absolute atomic E-state index is 10.8. The zero-order valence-electron chi connectivity index (χ0n) is 12.3. The van der Waals surface area contributed by atoms with Crippen molar-refractivity contribution in [2.24, 2.45) is 5.41 Å². The van der Waals surface area contributed by atoms with E-state index in [9.17, 15) is 4.79 Å². The summed E-state index contributed by atoms with van der Waals surface area (Å²) in [7, 11) is 0. The molecule has 1 saturated carbocycles. The highest BCUT2D eigenvalue weighted by Gasteiger charge is 2.33. The van der Waals surface area contributed by atoms with Crippen LogP contribution >= 0.6 is 11.8 Å². The number of hydrogen-bond acceptors (Lipinski definition) is 4. The van der Waals surface area contributed by atoms with Crippen molar-refractivity contribution in [1.29, 1.82) is 0 Å². The van der Waals surface area contributed by atoms with E-state index < -0.39 is 5.97 Å². The molecule has 2 aromatic heterocycles. The smallest absolute Gasteiger partial charge is 0.313 e. The molecule has 0 atom stereocenters. The molecule has 2 heterocycles. The number of aliphatic carboxylic acids is 1. The first-order valence-corrected chi connectivity index (χ1v) is 8.13. The normalized spacial score (nSPS) is 16.9. The van der Waals surface area contributed by atoms with Gasteiger partial charge in [-0.2, -0.15) is 0 Å². The van der Waals surface area contributed by atoms with Gasteiger partial charge in [0.2, 0.25) is 0 Å². The second-order valence-corrected chi connectivity index (χ2v) is 7.07. The van der Waals surface area contributed by atoms with Gasteiger partial charge in [-0.05, 0) is 36.8 Å². The molecular weight excluding hydrogens is 286 g/mol. The molecule has 0 bridgehead atoms. The third kappa shape index (κ3) is 2.77. The first-order valence-electron chi connectivity index (χ1n) is 7.15. The van der Waals surface area contributed by atoms with E-state index in [1.807, 2.05) is 13.0 Å². The van der Waals surface area contributed by atoms with Crippen molar-refractivity contribution in [3.63, 3.8) is 0 Å². The summed E-state index contributed by atoms with van der Waals surface area (Å²) in [5.41, 5.74) is 3.12. The number of aryl methyl sites for hydroxylation is 1. The number of thioether (sulfide) groups is 1. The molecule has 1 N–H and O–H groups in total. The van der Waals surface area contributed by atoms with Gasteiger partial charge >= 0.3 is 5.97 Å². The lowest BCUT2D eigenvalue weighted by Crippen LogP contribution is -2.31. The molecule has 0 aliphatic heterocycles. The lowest BCUT2D eigenvalue weighted by molar-refractivity contribution is -0.133. The van der Waals surface area contributed by atoms with Gasteiger partial charge in [-0.25, -0.2) is 9.97 Å². The number of nitrogens with zero attached hydrogens (tertiary/aromatic N) is 3. The number of rotatable bonds is 5. The van der Waals surface area contributed by atoms with Crippen LogP contribution in [0.1, 0.15) is 31.7 Å². The van der Waals surface area contributed by atoms with E-state index in [2.05, 4.69) is 21.5 Å². The van der Waals surface area contributed by atoms with Crippen LogP contribution in [-0.2, 0) is 11.3 Å². The molecule has 0 unspecified atom stereocenters.